The van der Waals surface area contributed by atoms with Crippen LogP contribution in [0, 0.1) is 13.8 Å². The monoisotopic (exact) mass is 480 g/mol. The van der Waals surface area contributed by atoms with Crippen molar-refractivity contribution < 1.29 is 4.74 Å². The zero-order valence-corrected chi connectivity index (χ0v) is 21.1. The standard InChI is InChI=1S/C14H18N2O2.C12H14N2OS/c1-9(2)18-12-6-4-11(5-7-12)8-13-10(3)15-16-14(13)17;1-8-11(12(15)14-13-8)7-9-3-5-10(16-2)6-4-9/h4-7,9H,8H2,1-3H3,(H2,15,16,17);3-6H,7H2,1-2H3,(H2,13,14,15). The van der Waals surface area contributed by atoms with Gasteiger partial charge in [0.1, 0.15) is 5.75 Å². The number of thioether (sulfide) groups is 1. The van der Waals surface area contributed by atoms with Gasteiger partial charge in [-0.05, 0) is 69.3 Å². The number of ether oxygens (including phenoxy) is 1. The second-order valence-electron chi connectivity index (χ2n) is 8.38. The summed E-state index contributed by atoms with van der Waals surface area (Å²) in [6.07, 6.45) is 3.53. The minimum atomic E-state index is -0.0463. The SMILES string of the molecule is CSc1ccc(Cc2c(C)[nH][nH]c2=O)cc1.Cc1[nH][nH]c(=O)c1Cc1ccc(OC(C)C)cc1. The number of benzene rings is 2. The van der Waals surface area contributed by atoms with Gasteiger partial charge in [0.15, 0.2) is 0 Å². The Hall–Kier alpha value is -3.39. The average Bonchev–Trinajstić information content (AvgIpc) is 3.31. The molecule has 180 valence electrons. The highest BCUT2D eigenvalue weighted by atomic mass is 32.2. The highest BCUT2D eigenvalue weighted by Gasteiger charge is 2.08. The van der Waals surface area contributed by atoms with Crippen molar-refractivity contribution in [2.75, 3.05) is 6.26 Å². The molecule has 2 heterocycles. The van der Waals surface area contributed by atoms with E-state index in [1.54, 1.807) is 11.8 Å². The molecule has 0 saturated carbocycles. The first-order valence-electron chi connectivity index (χ1n) is 11.2. The predicted molar refractivity (Wildman–Crippen MR) is 138 cm³/mol. The molecule has 0 atom stereocenters. The second kappa shape index (κ2) is 11.7. The van der Waals surface area contributed by atoms with Crippen molar-refractivity contribution in [1.82, 2.24) is 20.4 Å². The lowest BCUT2D eigenvalue weighted by molar-refractivity contribution is 0.242. The Morgan fingerprint density at radius 2 is 1.18 bits per heavy atom. The normalized spacial score (nSPS) is 10.8. The second-order valence-corrected chi connectivity index (χ2v) is 9.26. The number of hydrogen-bond acceptors (Lipinski definition) is 4. The first kappa shape index (κ1) is 25.2. The van der Waals surface area contributed by atoms with Gasteiger partial charge < -0.3 is 14.9 Å². The summed E-state index contributed by atoms with van der Waals surface area (Å²) in [6.45, 7) is 7.79. The molecule has 2 aromatic heterocycles. The Morgan fingerprint density at radius 3 is 1.53 bits per heavy atom. The molecule has 4 rings (SSSR count). The summed E-state index contributed by atoms with van der Waals surface area (Å²) < 4.78 is 5.58. The number of aryl methyl sites for hydroxylation is 2. The van der Waals surface area contributed by atoms with Gasteiger partial charge in [0.2, 0.25) is 0 Å². The maximum atomic E-state index is 11.5. The van der Waals surface area contributed by atoms with Gasteiger partial charge in [-0.25, -0.2) is 0 Å². The Morgan fingerprint density at radius 1 is 0.735 bits per heavy atom. The van der Waals surface area contributed by atoms with Crippen molar-refractivity contribution in [1.29, 1.82) is 0 Å². The van der Waals surface area contributed by atoms with E-state index in [9.17, 15) is 9.59 Å². The van der Waals surface area contributed by atoms with E-state index >= 15 is 0 Å². The molecule has 0 unspecified atom stereocenters. The van der Waals surface area contributed by atoms with E-state index in [-0.39, 0.29) is 17.2 Å². The van der Waals surface area contributed by atoms with Crippen molar-refractivity contribution in [3.8, 4) is 5.75 Å². The highest BCUT2D eigenvalue weighted by Crippen LogP contribution is 2.17. The van der Waals surface area contributed by atoms with Crippen molar-refractivity contribution in [2.24, 2.45) is 0 Å². The lowest BCUT2D eigenvalue weighted by atomic mass is 10.1. The van der Waals surface area contributed by atoms with Gasteiger partial charge in [-0.15, -0.1) is 11.8 Å². The van der Waals surface area contributed by atoms with Gasteiger partial charge in [-0.3, -0.25) is 19.8 Å². The van der Waals surface area contributed by atoms with Crippen LogP contribution in [-0.2, 0) is 12.8 Å². The van der Waals surface area contributed by atoms with Crippen LogP contribution in [0.2, 0.25) is 0 Å². The summed E-state index contributed by atoms with van der Waals surface area (Å²) in [5, 5.41) is 10.9. The van der Waals surface area contributed by atoms with E-state index in [2.05, 4.69) is 50.9 Å². The first-order valence-corrected chi connectivity index (χ1v) is 12.4. The number of rotatable bonds is 7. The third kappa shape index (κ3) is 6.81. The fraction of sp³-hybridized carbons (Fsp3) is 0.308. The molecule has 34 heavy (non-hydrogen) atoms. The number of hydrogen-bond donors (Lipinski definition) is 4. The van der Waals surface area contributed by atoms with Gasteiger partial charge in [-0.2, -0.15) is 0 Å². The number of nitrogens with one attached hydrogen (secondary N) is 4. The zero-order valence-electron chi connectivity index (χ0n) is 20.2. The van der Waals surface area contributed by atoms with Crippen molar-refractivity contribution in [3.05, 3.63) is 103 Å². The maximum absolute atomic E-state index is 11.5. The van der Waals surface area contributed by atoms with Crippen LogP contribution < -0.4 is 15.9 Å². The lowest BCUT2D eigenvalue weighted by Gasteiger charge is -2.09. The van der Waals surface area contributed by atoms with E-state index in [1.165, 1.54) is 4.90 Å². The Labute approximate surface area is 203 Å². The van der Waals surface area contributed by atoms with E-state index in [1.807, 2.05) is 52.0 Å². The third-order valence-electron chi connectivity index (χ3n) is 5.40. The van der Waals surface area contributed by atoms with Crippen molar-refractivity contribution >= 4 is 11.8 Å². The van der Waals surface area contributed by atoms with Crippen LogP contribution in [0.5, 0.6) is 5.75 Å². The Kier molecular flexibility index (Phi) is 8.65. The molecule has 0 aliphatic heterocycles. The largest absolute Gasteiger partial charge is 0.491 e. The quantitative estimate of drug-likeness (QED) is 0.287. The molecule has 0 saturated heterocycles. The molecule has 0 bridgehead atoms. The van der Waals surface area contributed by atoms with Crippen LogP contribution in [0.4, 0.5) is 0 Å². The predicted octanol–water partition coefficient (Wildman–Crippen LogP) is 4.71. The molecule has 2 aromatic carbocycles. The average molecular weight is 481 g/mol. The van der Waals surface area contributed by atoms with Gasteiger partial charge in [-0.1, -0.05) is 24.3 Å². The molecule has 8 heteroatoms. The summed E-state index contributed by atoms with van der Waals surface area (Å²) in [4.78, 5) is 24.3. The van der Waals surface area contributed by atoms with Gasteiger partial charge >= 0.3 is 0 Å². The summed E-state index contributed by atoms with van der Waals surface area (Å²) >= 11 is 1.72. The number of aromatic amines is 4. The summed E-state index contributed by atoms with van der Waals surface area (Å²) in [5.74, 6) is 0.855. The van der Waals surface area contributed by atoms with E-state index in [0.717, 1.165) is 39.4 Å². The van der Waals surface area contributed by atoms with Crippen LogP contribution >= 0.6 is 11.8 Å². The van der Waals surface area contributed by atoms with Crippen LogP contribution in [0.25, 0.3) is 0 Å². The van der Waals surface area contributed by atoms with Gasteiger partial charge in [0.05, 0.1) is 6.10 Å². The van der Waals surface area contributed by atoms with E-state index in [4.69, 9.17) is 4.74 Å². The number of H-pyrrole nitrogens is 4. The molecular weight excluding hydrogens is 448 g/mol. The minimum Gasteiger partial charge on any atom is -0.491 e. The molecule has 4 aromatic rings. The Balaban J connectivity index is 0.000000192. The van der Waals surface area contributed by atoms with Gasteiger partial charge in [0.25, 0.3) is 11.1 Å². The van der Waals surface area contributed by atoms with Gasteiger partial charge in [0, 0.05) is 40.3 Å². The molecule has 0 aliphatic carbocycles. The highest BCUT2D eigenvalue weighted by molar-refractivity contribution is 7.98. The molecular formula is C26H32N4O3S. The lowest BCUT2D eigenvalue weighted by Crippen LogP contribution is -2.07. The van der Waals surface area contributed by atoms with E-state index < -0.39 is 0 Å². The maximum Gasteiger partial charge on any atom is 0.267 e. The summed E-state index contributed by atoms with van der Waals surface area (Å²) in [6, 6.07) is 16.1. The van der Waals surface area contributed by atoms with Crippen LogP contribution in [0.1, 0.15) is 47.5 Å². The summed E-state index contributed by atoms with van der Waals surface area (Å²) in [5.41, 5.74) is 5.60. The van der Waals surface area contributed by atoms with Crippen LogP contribution in [0.3, 0.4) is 0 Å². The zero-order chi connectivity index (χ0) is 24.7. The molecule has 0 radical (unpaired) electrons. The number of aromatic nitrogens is 4. The molecule has 0 spiro atoms. The fourth-order valence-corrected chi connectivity index (χ4v) is 3.89. The molecule has 0 aliphatic rings. The van der Waals surface area contributed by atoms with Crippen molar-refractivity contribution in [3.63, 3.8) is 0 Å². The summed E-state index contributed by atoms with van der Waals surface area (Å²) in [7, 11) is 0. The molecule has 0 fully saturated rings. The van der Waals surface area contributed by atoms with E-state index in [0.29, 0.717) is 12.8 Å². The minimum absolute atomic E-state index is 0.0218. The first-order chi connectivity index (χ1) is 16.3. The Bertz CT molecular complexity index is 1300. The fourth-order valence-electron chi connectivity index (χ4n) is 3.48. The molecule has 7 nitrogen and oxygen atoms in total. The molecule has 0 amide bonds. The smallest absolute Gasteiger partial charge is 0.267 e. The third-order valence-corrected chi connectivity index (χ3v) is 6.14. The van der Waals surface area contributed by atoms with Crippen LogP contribution in [0.15, 0.2) is 63.0 Å². The topological polar surface area (TPSA) is 107 Å². The van der Waals surface area contributed by atoms with Crippen LogP contribution in [-0.4, -0.2) is 32.8 Å². The van der Waals surface area contributed by atoms with Crippen molar-refractivity contribution in [2.45, 2.75) is 51.5 Å². The molecule has 4 N–H and O–H groups in total.